The van der Waals surface area contributed by atoms with E-state index in [0.717, 1.165) is 5.56 Å². The Kier molecular flexibility index (Phi) is 4.75. The van der Waals surface area contributed by atoms with Gasteiger partial charge in [-0.05, 0) is 30.3 Å². The lowest BCUT2D eigenvalue weighted by Gasteiger charge is -2.07. The molecular formula is C14H12ClNO3. The molecular weight excluding hydrogens is 266 g/mol. The molecule has 1 heterocycles. The number of aromatic nitrogens is 1. The highest BCUT2D eigenvalue weighted by Crippen LogP contribution is 2.15. The molecule has 0 saturated heterocycles. The van der Waals surface area contributed by atoms with Gasteiger partial charge in [0.2, 0.25) is 0 Å². The number of hydrogen-bond acceptors (Lipinski definition) is 4. The van der Waals surface area contributed by atoms with Crippen LogP contribution in [0.1, 0.15) is 5.56 Å². The highest BCUT2D eigenvalue weighted by atomic mass is 35.5. The summed E-state index contributed by atoms with van der Waals surface area (Å²) in [5.74, 6) is 0.140. The Labute approximate surface area is 115 Å². The molecule has 0 amide bonds. The minimum absolute atomic E-state index is 0.137. The third-order valence-electron chi connectivity index (χ3n) is 2.29. The van der Waals surface area contributed by atoms with Gasteiger partial charge in [-0.15, -0.1) is 0 Å². The molecule has 98 valence electrons. The van der Waals surface area contributed by atoms with E-state index in [2.05, 4.69) is 4.98 Å². The van der Waals surface area contributed by atoms with Crippen molar-refractivity contribution in [1.29, 1.82) is 0 Å². The number of halogens is 1. The van der Waals surface area contributed by atoms with E-state index in [0.29, 0.717) is 10.8 Å². The highest BCUT2D eigenvalue weighted by Gasteiger charge is 2.04. The maximum absolute atomic E-state index is 11.5. The van der Waals surface area contributed by atoms with E-state index >= 15 is 0 Å². The van der Waals surface area contributed by atoms with Gasteiger partial charge in [0, 0.05) is 23.0 Å². The third kappa shape index (κ3) is 4.60. The average molecular weight is 278 g/mol. The van der Waals surface area contributed by atoms with Crippen molar-refractivity contribution in [3.8, 4) is 5.75 Å². The van der Waals surface area contributed by atoms with Crippen LogP contribution in [-0.2, 0) is 16.1 Å². The molecule has 1 aromatic heterocycles. The van der Waals surface area contributed by atoms with Gasteiger partial charge in [-0.3, -0.25) is 4.98 Å². The molecule has 2 aromatic rings. The Morgan fingerprint density at radius 1 is 1.21 bits per heavy atom. The van der Waals surface area contributed by atoms with E-state index in [4.69, 9.17) is 21.1 Å². The number of esters is 1. The van der Waals surface area contributed by atoms with Gasteiger partial charge in [0.15, 0.2) is 6.61 Å². The number of rotatable bonds is 5. The molecule has 0 fully saturated rings. The maximum atomic E-state index is 11.5. The van der Waals surface area contributed by atoms with Gasteiger partial charge >= 0.3 is 5.97 Å². The summed E-state index contributed by atoms with van der Waals surface area (Å²) >= 11 is 5.74. The molecule has 19 heavy (non-hydrogen) atoms. The van der Waals surface area contributed by atoms with E-state index in [-0.39, 0.29) is 13.2 Å². The van der Waals surface area contributed by atoms with Crippen LogP contribution in [-0.4, -0.2) is 17.6 Å². The lowest BCUT2D eigenvalue weighted by molar-refractivity contribution is -0.147. The third-order valence-corrected chi connectivity index (χ3v) is 2.54. The van der Waals surface area contributed by atoms with Crippen LogP contribution in [0.5, 0.6) is 5.75 Å². The first-order valence-corrected chi connectivity index (χ1v) is 6.05. The molecule has 0 aliphatic carbocycles. The van der Waals surface area contributed by atoms with E-state index in [1.807, 2.05) is 6.07 Å². The van der Waals surface area contributed by atoms with Gasteiger partial charge in [-0.25, -0.2) is 4.79 Å². The molecule has 0 saturated carbocycles. The molecule has 4 nitrogen and oxygen atoms in total. The molecule has 0 spiro atoms. The minimum Gasteiger partial charge on any atom is -0.482 e. The predicted octanol–water partition coefficient (Wildman–Crippen LogP) is 2.86. The molecule has 0 atom stereocenters. The largest absolute Gasteiger partial charge is 0.482 e. The molecule has 5 heteroatoms. The van der Waals surface area contributed by atoms with Gasteiger partial charge in [0.1, 0.15) is 12.4 Å². The summed E-state index contributed by atoms with van der Waals surface area (Å²) in [5, 5.41) is 0.617. The molecule has 0 unspecified atom stereocenters. The van der Waals surface area contributed by atoms with Crippen LogP contribution in [0.15, 0.2) is 48.8 Å². The Bertz CT molecular complexity index is 528. The van der Waals surface area contributed by atoms with Gasteiger partial charge in [0.25, 0.3) is 0 Å². The van der Waals surface area contributed by atoms with Crippen molar-refractivity contribution >= 4 is 17.6 Å². The lowest BCUT2D eigenvalue weighted by Crippen LogP contribution is -2.14. The summed E-state index contributed by atoms with van der Waals surface area (Å²) in [6.07, 6.45) is 3.31. The summed E-state index contributed by atoms with van der Waals surface area (Å²) < 4.78 is 10.3. The van der Waals surface area contributed by atoms with Crippen molar-refractivity contribution in [2.45, 2.75) is 6.61 Å². The topological polar surface area (TPSA) is 48.4 Å². The molecule has 0 bridgehead atoms. The SMILES string of the molecule is O=C(COc1ccc(Cl)cc1)OCc1cccnc1. The number of carbonyl (C=O) groups excluding carboxylic acids is 1. The molecule has 2 rings (SSSR count). The molecule has 0 aliphatic heterocycles. The van der Waals surface area contributed by atoms with Gasteiger partial charge in [0.05, 0.1) is 0 Å². The monoisotopic (exact) mass is 277 g/mol. The quantitative estimate of drug-likeness (QED) is 0.789. The Hall–Kier alpha value is -2.07. The fourth-order valence-electron chi connectivity index (χ4n) is 1.36. The van der Waals surface area contributed by atoms with Crippen molar-refractivity contribution in [3.63, 3.8) is 0 Å². The molecule has 0 N–H and O–H groups in total. The zero-order valence-corrected chi connectivity index (χ0v) is 10.8. The van der Waals surface area contributed by atoms with E-state index in [9.17, 15) is 4.79 Å². The van der Waals surface area contributed by atoms with Gasteiger partial charge in [-0.1, -0.05) is 17.7 Å². The average Bonchev–Trinajstić information content (AvgIpc) is 2.45. The number of hydrogen-bond donors (Lipinski definition) is 0. The van der Waals surface area contributed by atoms with Crippen LogP contribution >= 0.6 is 11.6 Å². The van der Waals surface area contributed by atoms with Crippen LogP contribution in [0, 0.1) is 0 Å². The zero-order valence-electron chi connectivity index (χ0n) is 10.1. The summed E-state index contributed by atoms with van der Waals surface area (Å²) in [6.45, 7) is 0.0541. The Morgan fingerprint density at radius 2 is 2.00 bits per heavy atom. The summed E-state index contributed by atoms with van der Waals surface area (Å²) in [7, 11) is 0. The number of benzene rings is 1. The summed E-state index contributed by atoms with van der Waals surface area (Å²) in [5.41, 5.74) is 0.836. The van der Waals surface area contributed by atoms with Gasteiger partial charge in [-0.2, -0.15) is 0 Å². The number of pyridine rings is 1. The second kappa shape index (κ2) is 6.75. The van der Waals surface area contributed by atoms with E-state index < -0.39 is 5.97 Å². The van der Waals surface area contributed by atoms with Crippen molar-refractivity contribution in [3.05, 3.63) is 59.4 Å². The summed E-state index contributed by atoms with van der Waals surface area (Å²) in [4.78, 5) is 15.4. The van der Waals surface area contributed by atoms with E-state index in [1.165, 1.54) is 0 Å². The standard InChI is InChI=1S/C14H12ClNO3/c15-12-3-5-13(6-4-12)18-10-14(17)19-9-11-2-1-7-16-8-11/h1-8H,9-10H2. The Balaban J connectivity index is 1.74. The van der Waals surface area contributed by atoms with Crippen molar-refractivity contribution in [2.75, 3.05) is 6.61 Å². The van der Waals surface area contributed by atoms with Crippen LogP contribution < -0.4 is 4.74 Å². The fourth-order valence-corrected chi connectivity index (χ4v) is 1.49. The van der Waals surface area contributed by atoms with Crippen molar-refractivity contribution in [2.24, 2.45) is 0 Å². The Morgan fingerprint density at radius 3 is 2.68 bits per heavy atom. The van der Waals surface area contributed by atoms with Crippen LogP contribution in [0.2, 0.25) is 5.02 Å². The molecule has 1 aromatic carbocycles. The number of carbonyl (C=O) groups is 1. The first-order chi connectivity index (χ1) is 9.24. The second-order valence-corrected chi connectivity index (χ2v) is 4.20. The number of nitrogens with zero attached hydrogens (tertiary/aromatic N) is 1. The smallest absolute Gasteiger partial charge is 0.344 e. The maximum Gasteiger partial charge on any atom is 0.344 e. The lowest BCUT2D eigenvalue weighted by atomic mass is 10.3. The summed E-state index contributed by atoms with van der Waals surface area (Å²) in [6, 6.07) is 10.4. The second-order valence-electron chi connectivity index (χ2n) is 3.76. The molecule has 0 radical (unpaired) electrons. The van der Waals surface area contributed by atoms with Crippen LogP contribution in [0.25, 0.3) is 0 Å². The van der Waals surface area contributed by atoms with Crippen molar-refractivity contribution in [1.82, 2.24) is 4.98 Å². The van der Waals surface area contributed by atoms with Gasteiger partial charge < -0.3 is 9.47 Å². The normalized spacial score (nSPS) is 9.95. The highest BCUT2D eigenvalue weighted by molar-refractivity contribution is 6.30. The minimum atomic E-state index is -0.432. The number of ether oxygens (including phenoxy) is 2. The van der Waals surface area contributed by atoms with E-state index in [1.54, 1.807) is 42.7 Å². The van der Waals surface area contributed by atoms with Crippen LogP contribution in [0.4, 0.5) is 0 Å². The van der Waals surface area contributed by atoms with Crippen molar-refractivity contribution < 1.29 is 14.3 Å². The fraction of sp³-hybridized carbons (Fsp3) is 0.143. The zero-order chi connectivity index (χ0) is 13.5. The first-order valence-electron chi connectivity index (χ1n) is 5.67. The van der Waals surface area contributed by atoms with Crippen LogP contribution in [0.3, 0.4) is 0 Å². The predicted molar refractivity (Wildman–Crippen MR) is 71.0 cm³/mol. The molecule has 0 aliphatic rings. The first kappa shape index (κ1) is 13.4.